The van der Waals surface area contributed by atoms with Crippen LogP contribution in [-0.4, -0.2) is 42.3 Å². The van der Waals surface area contributed by atoms with E-state index in [9.17, 15) is 9.90 Å². The highest BCUT2D eigenvalue weighted by Crippen LogP contribution is 2.30. The molecule has 0 spiro atoms. The first-order chi connectivity index (χ1) is 9.32. The van der Waals surface area contributed by atoms with Crippen LogP contribution < -0.4 is 4.90 Å². The van der Waals surface area contributed by atoms with Crippen LogP contribution in [0.5, 0.6) is 0 Å². The Bertz CT molecular complexity index is 516. The van der Waals surface area contributed by atoms with Crippen molar-refractivity contribution in [2.45, 2.75) is 32.5 Å². The second-order valence-corrected chi connectivity index (χ2v) is 6.70. The maximum atomic E-state index is 11.8. The minimum Gasteiger partial charge on any atom is -0.394 e. The standard InChI is InChI=1S/C15H20BrNO3/c1-10(19)13-6-11(16)4-5-14(13)17-7-12(8-18)20-15(2,3)9-17/h4-6,12,18H,7-9H2,1-3H3. The maximum Gasteiger partial charge on any atom is 0.161 e. The number of anilines is 1. The summed E-state index contributed by atoms with van der Waals surface area (Å²) >= 11 is 3.40. The molecule has 1 aromatic carbocycles. The van der Waals surface area contributed by atoms with E-state index < -0.39 is 0 Å². The van der Waals surface area contributed by atoms with Crippen LogP contribution in [0.25, 0.3) is 0 Å². The number of aliphatic hydroxyl groups excluding tert-OH is 1. The highest BCUT2D eigenvalue weighted by molar-refractivity contribution is 9.10. The molecule has 2 rings (SSSR count). The Labute approximate surface area is 127 Å². The second-order valence-electron chi connectivity index (χ2n) is 5.78. The Morgan fingerprint density at radius 1 is 1.55 bits per heavy atom. The Kier molecular flexibility index (Phi) is 4.52. The molecule has 1 saturated heterocycles. The van der Waals surface area contributed by atoms with Crippen molar-refractivity contribution in [1.29, 1.82) is 0 Å². The summed E-state index contributed by atoms with van der Waals surface area (Å²) in [5.74, 6) is 0.0335. The van der Waals surface area contributed by atoms with Gasteiger partial charge in [0.25, 0.3) is 0 Å². The van der Waals surface area contributed by atoms with Crippen molar-refractivity contribution < 1.29 is 14.6 Å². The predicted molar refractivity (Wildman–Crippen MR) is 82.4 cm³/mol. The maximum absolute atomic E-state index is 11.8. The topological polar surface area (TPSA) is 49.8 Å². The van der Waals surface area contributed by atoms with Gasteiger partial charge in [0.1, 0.15) is 0 Å². The van der Waals surface area contributed by atoms with Crippen LogP contribution in [0, 0.1) is 0 Å². The lowest BCUT2D eigenvalue weighted by atomic mass is 10.0. The van der Waals surface area contributed by atoms with Crippen LogP contribution in [0.15, 0.2) is 22.7 Å². The zero-order valence-corrected chi connectivity index (χ0v) is 13.6. The number of nitrogens with zero attached hydrogens (tertiary/aromatic N) is 1. The third-order valence-electron chi connectivity index (χ3n) is 3.36. The average molecular weight is 342 g/mol. The van der Waals surface area contributed by atoms with Gasteiger partial charge in [-0.15, -0.1) is 0 Å². The van der Waals surface area contributed by atoms with Crippen LogP contribution in [-0.2, 0) is 4.74 Å². The molecule has 1 heterocycles. The van der Waals surface area contributed by atoms with Gasteiger partial charge in [0.15, 0.2) is 5.78 Å². The molecule has 110 valence electrons. The minimum absolute atomic E-state index is 0.0220. The zero-order chi connectivity index (χ0) is 14.9. The summed E-state index contributed by atoms with van der Waals surface area (Å²) in [5, 5.41) is 9.38. The lowest BCUT2D eigenvalue weighted by molar-refractivity contribution is -0.101. The number of carbonyl (C=O) groups excluding carboxylic acids is 1. The highest BCUT2D eigenvalue weighted by atomic mass is 79.9. The molecule has 5 heteroatoms. The van der Waals surface area contributed by atoms with E-state index >= 15 is 0 Å². The van der Waals surface area contributed by atoms with E-state index in [0.29, 0.717) is 18.7 Å². The lowest BCUT2D eigenvalue weighted by Crippen LogP contribution is -2.54. The molecule has 1 atom stereocenters. The number of benzene rings is 1. The lowest BCUT2D eigenvalue weighted by Gasteiger charge is -2.43. The Balaban J connectivity index is 2.37. The zero-order valence-electron chi connectivity index (χ0n) is 12.0. The van der Waals surface area contributed by atoms with Crippen LogP contribution in [0.2, 0.25) is 0 Å². The van der Waals surface area contributed by atoms with Crippen molar-refractivity contribution in [3.05, 3.63) is 28.2 Å². The Morgan fingerprint density at radius 3 is 2.85 bits per heavy atom. The van der Waals surface area contributed by atoms with Crippen molar-refractivity contribution in [1.82, 2.24) is 0 Å². The van der Waals surface area contributed by atoms with E-state index in [1.54, 1.807) is 6.92 Å². The summed E-state index contributed by atoms with van der Waals surface area (Å²) in [6, 6.07) is 5.71. The Morgan fingerprint density at radius 2 is 2.25 bits per heavy atom. The number of hydrogen-bond donors (Lipinski definition) is 1. The summed E-state index contributed by atoms with van der Waals surface area (Å²) in [6.45, 7) is 6.81. The van der Waals surface area contributed by atoms with E-state index in [4.69, 9.17) is 4.74 Å². The number of morpholine rings is 1. The van der Waals surface area contributed by atoms with Crippen molar-refractivity contribution in [3.8, 4) is 0 Å². The Hall–Kier alpha value is -0.910. The van der Waals surface area contributed by atoms with Gasteiger partial charge < -0.3 is 14.7 Å². The third-order valence-corrected chi connectivity index (χ3v) is 3.86. The molecule has 0 saturated carbocycles. The first-order valence-electron chi connectivity index (χ1n) is 6.66. The van der Waals surface area contributed by atoms with Gasteiger partial charge in [0, 0.05) is 28.8 Å². The number of hydrogen-bond acceptors (Lipinski definition) is 4. The average Bonchev–Trinajstić information content (AvgIpc) is 2.36. The van der Waals surface area contributed by atoms with Gasteiger partial charge in [-0.2, -0.15) is 0 Å². The predicted octanol–water partition coefficient (Wildman–Crippen LogP) is 2.63. The number of halogens is 1. The summed E-state index contributed by atoms with van der Waals surface area (Å²) in [5.41, 5.74) is 1.23. The van der Waals surface area contributed by atoms with Gasteiger partial charge in [0.05, 0.1) is 18.3 Å². The van der Waals surface area contributed by atoms with Gasteiger partial charge in [-0.05, 0) is 39.0 Å². The van der Waals surface area contributed by atoms with Crippen molar-refractivity contribution in [2.24, 2.45) is 0 Å². The van der Waals surface area contributed by atoms with E-state index in [0.717, 1.165) is 10.2 Å². The third kappa shape index (κ3) is 3.40. The van der Waals surface area contributed by atoms with Gasteiger partial charge in [0.2, 0.25) is 0 Å². The van der Waals surface area contributed by atoms with Gasteiger partial charge in [-0.25, -0.2) is 0 Å². The number of carbonyl (C=O) groups is 1. The highest BCUT2D eigenvalue weighted by Gasteiger charge is 2.34. The first-order valence-corrected chi connectivity index (χ1v) is 7.46. The number of ketones is 1. The number of ether oxygens (including phenoxy) is 1. The first kappa shape index (κ1) is 15.5. The summed E-state index contributed by atoms with van der Waals surface area (Å²) in [6.07, 6.45) is -0.234. The van der Waals surface area contributed by atoms with Crippen LogP contribution in [0.3, 0.4) is 0 Å². The molecule has 1 aliphatic heterocycles. The number of rotatable bonds is 3. The summed E-state index contributed by atoms with van der Waals surface area (Å²) in [7, 11) is 0. The van der Waals surface area contributed by atoms with Gasteiger partial charge >= 0.3 is 0 Å². The molecule has 1 fully saturated rings. The minimum atomic E-state index is -0.354. The second kappa shape index (κ2) is 5.84. The quantitative estimate of drug-likeness (QED) is 0.858. The molecular weight excluding hydrogens is 322 g/mol. The van der Waals surface area contributed by atoms with Crippen molar-refractivity contribution in [3.63, 3.8) is 0 Å². The van der Waals surface area contributed by atoms with Crippen LogP contribution in [0.4, 0.5) is 5.69 Å². The molecular formula is C15H20BrNO3. The molecule has 0 radical (unpaired) electrons. The molecule has 1 aromatic rings. The fraction of sp³-hybridized carbons (Fsp3) is 0.533. The van der Waals surface area contributed by atoms with E-state index in [-0.39, 0.29) is 24.1 Å². The van der Waals surface area contributed by atoms with Crippen molar-refractivity contribution >= 4 is 27.4 Å². The number of aliphatic hydroxyl groups is 1. The summed E-state index contributed by atoms with van der Waals surface area (Å²) in [4.78, 5) is 14.0. The molecule has 0 amide bonds. The van der Waals surface area contributed by atoms with Gasteiger partial charge in [-0.1, -0.05) is 15.9 Å². The van der Waals surface area contributed by atoms with Gasteiger partial charge in [-0.3, -0.25) is 4.79 Å². The largest absolute Gasteiger partial charge is 0.394 e. The number of Topliss-reactive ketones (excluding diaryl/α,β-unsaturated/α-hetero) is 1. The normalized spacial score (nSPS) is 21.9. The molecule has 1 N–H and O–H groups in total. The molecule has 20 heavy (non-hydrogen) atoms. The fourth-order valence-electron chi connectivity index (χ4n) is 2.64. The molecule has 1 aliphatic rings. The molecule has 4 nitrogen and oxygen atoms in total. The summed E-state index contributed by atoms with van der Waals surface area (Å²) < 4.78 is 6.70. The van der Waals surface area contributed by atoms with E-state index in [1.165, 1.54) is 0 Å². The molecule has 0 aliphatic carbocycles. The van der Waals surface area contributed by atoms with Crippen molar-refractivity contribution in [2.75, 3.05) is 24.6 Å². The molecule has 0 bridgehead atoms. The van der Waals surface area contributed by atoms with E-state index in [1.807, 2.05) is 32.0 Å². The van der Waals surface area contributed by atoms with E-state index in [2.05, 4.69) is 20.8 Å². The fourth-order valence-corrected chi connectivity index (χ4v) is 3.00. The monoisotopic (exact) mass is 341 g/mol. The van der Waals surface area contributed by atoms with Crippen LogP contribution >= 0.6 is 15.9 Å². The SMILES string of the molecule is CC(=O)c1cc(Br)ccc1N1CC(CO)OC(C)(C)C1. The smallest absolute Gasteiger partial charge is 0.161 e. The molecule has 1 unspecified atom stereocenters. The van der Waals surface area contributed by atoms with Crippen LogP contribution in [0.1, 0.15) is 31.1 Å². The molecule has 0 aromatic heterocycles.